The topological polar surface area (TPSA) is 26.3 Å². The third-order valence-electron chi connectivity index (χ3n) is 3.47. The second kappa shape index (κ2) is 15.0. The lowest BCUT2D eigenvalue weighted by atomic mass is 10.1. The van der Waals surface area contributed by atoms with Crippen molar-refractivity contribution in [2.75, 3.05) is 6.61 Å². The zero-order chi connectivity index (χ0) is 15.1. The lowest BCUT2D eigenvalue weighted by Crippen LogP contribution is -2.04. The van der Waals surface area contributed by atoms with Gasteiger partial charge in [-0.3, -0.25) is 0 Å². The number of unbranched alkanes of at least 4 members (excludes halogenated alkanes) is 11. The number of ether oxygens (including phenoxy) is 1. The van der Waals surface area contributed by atoms with Crippen molar-refractivity contribution in [2.45, 2.75) is 84.0 Å². The van der Waals surface area contributed by atoms with Crippen molar-refractivity contribution in [3.63, 3.8) is 0 Å². The summed E-state index contributed by atoms with van der Waals surface area (Å²) in [5, 5.41) is 0. The highest BCUT2D eigenvalue weighted by atomic mass is 32.1. The van der Waals surface area contributed by atoms with E-state index < -0.39 is 5.97 Å². The molecule has 0 aliphatic rings. The molecule has 0 saturated carbocycles. The van der Waals surface area contributed by atoms with E-state index in [1.807, 2.05) is 0 Å². The first-order chi connectivity index (χ1) is 9.68. The Kier molecular flexibility index (Phi) is 14.6. The summed E-state index contributed by atoms with van der Waals surface area (Å²) in [6.07, 6.45) is 15.7. The van der Waals surface area contributed by atoms with Gasteiger partial charge in [0.05, 0.1) is 11.5 Å². The number of thiol groups is 1. The monoisotopic (exact) mass is 300 g/mol. The molecule has 0 fully saturated rings. The van der Waals surface area contributed by atoms with E-state index in [4.69, 9.17) is 4.74 Å². The molecular weight excluding hydrogens is 268 g/mol. The van der Waals surface area contributed by atoms with Gasteiger partial charge in [-0.15, -0.1) is 12.6 Å². The fourth-order valence-corrected chi connectivity index (χ4v) is 2.26. The van der Waals surface area contributed by atoms with Crippen LogP contribution in [0.25, 0.3) is 0 Å². The molecule has 0 unspecified atom stereocenters. The van der Waals surface area contributed by atoms with Crippen LogP contribution < -0.4 is 0 Å². The van der Waals surface area contributed by atoms with Gasteiger partial charge in [-0.05, 0) is 6.42 Å². The molecule has 0 spiro atoms. The summed E-state index contributed by atoms with van der Waals surface area (Å²) in [5.74, 6) is -0.392. The third-order valence-corrected chi connectivity index (χ3v) is 3.65. The normalized spacial score (nSPS) is 10.5. The van der Waals surface area contributed by atoms with Crippen LogP contribution in [0.5, 0.6) is 0 Å². The maximum Gasteiger partial charge on any atom is 0.343 e. The Morgan fingerprint density at radius 3 is 1.65 bits per heavy atom. The molecule has 2 nitrogen and oxygen atoms in total. The van der Waals surface area contributed by atoms with Crippen molar-refractivity contribution in [1.82, 2.24) is 0 Å². The van der Waals surface area contributed by atoms with E-state index in [2.05, 4.69) is 26.1 Å². The predicted molar refractivity (Wildman–Crippen MR) is 90.2 cm³/mol. The number of rotatable bonds is 14. The van der Waals surface area contributed by atoms with Crippen molar-refractivity contribution in [3.8, 4) is 0 Å². The summed E-state index contributed by atoms with van der Waals surface area (Å²) in [4.78, 5) is 11.2. The molecule has 0 amide bonds. The number of esters is 1. The maximum atomic E-state index is 11.0. The molecule has 118 valence electrons. The number of carbonyl (C=O) groups excluding carboxylic acids is 1. The van der Waals surface area contributed by atoms with Crippen LogP contribution in [-0.4, -0.2) is 12.6 Å². The summed E-state index contributed by atoms with van der Waals surface area (Å²) in [7, 11) is 0. The minimum Gasteiger partial charge on any atom is -0.462 e. The lowest BCUT2D eigenvalue weighted by Gasteiger charge is -2.04. The van der Waals surface area contributed by atoms with Crippen molar-refractivity contribution in [1.29, 1.82) is 0 Å². The number of hydrogen-bond donors (Lipinski definition) is 1. The van der Waals surface area contributed by atoms with Crippen LogP contribution in [0.1, 0.15) is 84.0 Å². The molecule has 0 heterocycles. The first kappa shape index (κ1) is 19.6. The van der Waals surface area contributed by atoms with Gasteiger partial charge in [0.25, 0.3) is 0 Å². The Labute approximate surface area is 130 Å². The molecule has 0 N–H and O–H groups in total. The minimum atomic E-state index is -0.392. The highest BCUT2D eigenvalue weighted by molar-refractivity contribution is 7.85. The molecule has 0 saturated heterocycles. The highest BCUT2D eigenvalue weighted by Gasteiger charge is 2.02. The zero-order valence-corrected chi connectivity index (χ0v) is 14.1. The summed E-state index contributed by atoms with van der Waals surface area (Å²) in [5.41, 5.74) is 0. The van der Waals surface area contributed by atoms with E-state index >= 15 is 0 Å². The molecule has 3 heteroatoms. The van der Waals surface area contributed by atoms with Gasteiger partial charge in [-0.2, -0.15) is 0 Å². The van der Waals surface area contributed by atoms with Crippen LogP contribution >= 0.6 is 12.6 Å². The Morgan fingerprint density at radius 2 is 1.25 bits per heavy atom. The highest BCUT2D eigenvalue weighted by Crippen LogP contribution is 2.12. The SMILES string of the molecule is C=C(S)C(=O)OCCCCCCCCCCCCCC. The fraction of sp³-hybridized carbons (Fsp3) is 0.824. The Hall–Kier alpha value is -0.440. The van der Waals surface area contributed by atoms with E-state index in [1.165, 1.54) is 64.2 Å². The molecule has 0 bridgehead atoms. The van der Waals surface area contributed by atoms with Crippen LogP contribution in [0.15, 0.2) is 11.5 Å². The quantitative estimate of drug-likeness (QED) is 0.193. The first-order valence-electron chi connectivity index (χ1n) is 8.23. The van der Waals surface area contributed by atoms with Crippen LogP contribution in [0, 0.1) is 0 Å². The van der Waals surface area contributed by atoms with Gasteiger partial charge >= 0.3 is 5.97 Å². The minimum absolute atomic E-state index is 0.184. The van der Waals surface area contributed by atoms with Gasteiger partial charge in [-0.1, -0.05) is 84.1 Å². The van der Waals surface area contributed by atoms with Gasteiger partial charge in [0, 0.05) is 0 Å². The van der Waals surface area contributed by atoms with E-state index in [9.17, 15) is 4.79 Å². The first-order valence-corrected chi connectivity index (χ1v) is 8.68. The molecule has 20 heavy (non-hydrogen) atoms. The molecule has 0 aliphatic carbocycles. The molecule has 0 rings (SSSR count). The molecule has 0 radical (unpaired) electrons. The van der Waals surface area contributed by atoms with Crippen molar-refractivity contribution >= 4 is 18.6 Å². The fourth-order valence-electron chi connectivity index (χ4n) is 2.19. The van der Waals surface area contributed by atoms with Gasteiger partial charge in [-0.25, -0.2) is 4.79 Å². The summed E-state index contributed by atoms with van der Waals surface area (Å²) < 4.78 is 4.98. The second-order valence-corrected chi connectivity index (χ2v) is 6.01. The Morgan fingerprint density at radius 1 is 0.850 bits per heavy atom. The van der Waals surface area contributed by atoms with Gasteiger partial charge < -0.3 is 4.74 Å². The van der Waals surface area contributed by atoms with Crippen LogP contribution in [-0.2, 0) is 9.53 Å². The Balaban J connectivity index is 3.06. The molecule has 0 aromatic rings. The molecule has 0 aromatic carbocycles. The van der Waals surface area contributed by atoms with Gasteiger partial charge in [0.2, 0.25) is 0 Å². The zero-order valence-electron chi connectivity index (χ0n) is 13.2. The maximum absolute atomic E-state index is 11.0. The average Bonchev–Trinajstić information content (AvgIpc) is 2.43. The molecule has 0 atom stereocenters. The predicted octanol–water partition coefficient (Wildman–Crippen LogP) is 5.67. The standard InChI is InChI=1S/C17H32O2S/c1-3-4-5-6-7-8-9-10-11-12-13-14-15-19-17(18)16(2)20/h20H,2-15H2,1H3. The van der Waals surface area contributed by atoms with Crippen molar-refractivity contribution < 1.29 is 9.53 Å². The average molecular weight is 301 g/mol. The lowest BCUT2D eigenvalue weighted by molar-refractivity contribution is -0.138. The van der Waals surface area contributed by atoms with E-state index in [0.717, 1.165) is 12.8 Å². The second-order valence-electron chi connectivity index (χ2n) is 5.47. The van der Waals surface area contributed by atoms with Gasteiger partial charge in [0.15, 0.2) is 0 Å². The van der Waals surface area contributed by atoms with E-state index in [1.54, 1.807) is 0 Å². The third kappa shape index (κ3) is 14.0. The molecule has 0 aromatic heterocycles. The van der Waals surface area contributed by atoms with Crippen molar-refractivity contribution in [3.05, 3.63) is 11.5 Å². The van der Waals surface area contributed by atoms with E-state index in [-0.39, 0.29) is 4.91 Å². The van der Waals surface area contributed by atoms with Crippen LogP contribution in [0.2, 0.25) is 0 Å². The summed E-state index contributed by atoms with van der Waals surface area (Å²) >= 11 is 3.84. The van der Waals surface area contributed by atoms with Crippen LogP contribution in [0.4, 0.5) is 0 Å². The Bertz CT molecular complexity index is 251. The smallest absolute Gasteiger partial charge is 0.343 e. The van der Waals surface area contributed by atoms with Gasteiger partial charge in [0.1, 0.15) is 0 Å². The largest absolute Gasteiger partial charge is 0.462 e. The van der Waals surface area contributed by atoms with Crippen LogP contribution in [0.3, 0.4) is 0 Å². The number of carbonyl (C=O) groups is 1. The molecular formula is C17H32O2S. The van der Waals surface area contributed by atoms with Crippen molar-refractivity contribution in [2.24, 2.45) is 0 Å². The molecule has 0 aliphatic heterocycles. The van der Waals surface area contributed by atoms with E-state index in [0.29, 0.717) is 6.61 Å². The summed E-state index contributed by atoms with van der Waals surface area (Å²) in [6.45, 7) is 6.18. The summed E-state index contributed by atoms with van der Waals surface area (Å²) in [6, 6.07) is 0. The number of hydrogen-bond acceptors (Lipinski definition) is 3.